The average molecular weight is 405 g/mol. The molecule has 29 heavy (non-hydrogen) atoms. The van der Waals surface area contributed by atoms with Crippen LogP contribution in [0.4, 0.5) is 5.82 Å². The first-order valence-electron chi connectivity index (χ1n) is 10.9. The van der Waals surface area contributed by atoms with Crippen LogP contribution in [0.2, 0.25) is 0 Å². The van der Waals surface area contributed by atoms with Crippen LogP contribution >= 0.6 is 11.8 Å². The number of aliphatic imine (C=N–C) groups is 1. The monoisotopic (exact) mass is 404 g/mol. The molecule has 2 aliphatic heterocycles. The van der Waals surface area contributed by atoms with Crippen LogP contribution in [0.15, 0.2) is 57.7 Å². The molecule has 0 spiro atoms. The molecule has 3 heterocycles. The summed E-state index contributed by atoms with van der Waals surface area (Å²) in [6.07, 6.45) is 10.00. The van der Waals surface area contributed by atoms with Crippen molar-refractivity contribution in [2.24, 2.45) is 4.99 Å². The highest BCUT2D eigenvalue weighted by atomic mass is 32.2. The van der Waals surface area contributed by atoms with E-state index in [1.54, 1.807) is 17.5 Å². The number of rotatable bonds is 7. The van der Waals surface area contributed by atoms with E-state index in [2.05, 4.69) is 47.6 Å². The molecule has 1 aromatic carbocycles. The van der Waals surface area contributed by atoms with Crippen molar-refractivity contribution in [3.05, 3.63) is 59.1 Å². The number of fused-ring (bicyclic) bond motifs is 4. The summed E-state index contributed by atoms with van der Waals surface area (Å²) in [5.74, 6) is 1.34. The van der Waals surface area contributed by atoms with Gasteiger partial charge in [0.05, 0.1) is 16.5 Å². The lowest BCUT2D eigenvalue weighted by Gasteiger charge is -2.26. The molecular weight excluding hydrogens is 376 g/mol. The molecule has 1 aliphatic carbocycles. The highest BCUT2D eigenvalue weighted by molar-refractivity contribution is 8.00. The predicted octanol–water partition coefficient (Wildman–Crippen LogP) is 5.77. The molecule has 0 saturated heterocycles. The van der Waals surface area contributed by atoms with Gasteiger partial charge in [0.2, 0.25) is 0 Å². The van der Waals surface area contributed by atoms with E-state index in [4.69, 9.17) is 9.98 Å². The molecule has 4 nitrogen and oxygen atoms in total. The summed E-state index contributed by atoms with van der Waals surface area (Å²) in [5, 5.41) is 3.82. The van der Waals surface area contributed by atoms with Gasteiger partial charge >= 0.3 is 0 Å². The molecule has 0 amide bonds. The Bertz CT molecular complexity index is 951. The van der Waals surface area contributed by atoms with Crippen molar-refractivity contribution in [2.45, 2.75) is 68.1 Å². The van der Waals surface area contributed by atoms with Crippen LogP contribution in [0.1, 0.15) is 62.6 Å². The van der Waals surface area contributed by atoms with E-state index in [1.807, 2.05) is 11.8 Å². The number of nitrogens with one attached hydrogen (secondary N) is 1. The highest BCUT2D eigenvalue weighted by Crippen LogP contribution is 2.55. The minimum absolute atomic E-state index is 0.250. The summed E-state index contributed by atoms with van der Waals surface area (Å²) < 4.78 is 0. The number of nitrogens with zero attached hydrogens (tertiary/aromatic N) is 3. The first kappa shape index (κ1) is 18.9. The third-order valence-corrected chi connectivity index (χ3v) is 7.49. The number of thioether (sulfide) groups is 1. The predicted molar refractivity (Wildman–Crippen MR) is 121 cm³/mol. The summed E-state index contributed by atoms with van der Waals surface area (Å²) in [5.41, 5.74) is 7.11. The maximum Gasteiger partial charge on any atom is 0.143 e. The molecule has 2 aromatic rings. The summed E-state index contributed by atoms with van der Waals surface area (Å²) in [7, 11) is 0. The second-order valence-corrected chi connectivity index (χ2v) is 9.25. The molecule has 5 heteroatoms. The van der Waals surface area contributed by atoms with Crippen LogP contribution in [0.5, 0.6) is 0 Å². The Morgan fingerprint density at radius 2 is 2.00 bits per heavy atom. The van der Waals surface area contributed by atoms with Gasteiger partial charge in [0.1, 0.15) is 17.5 Å². The number of hydrogen-bond donors (Lipinski definition) is 1. The Morgan fingerprint density at radius 3 is 2.86 bits per heavy atom. The Hall–Kier alpha value is -2.14. The van der Waals surface area contributed by atoms with Gasteiger partial charge in [-0.25, -0.2) is 9.97 Å². The molecule has 0 bridgehead atoms. The van der Waals surface area contributed by atoms with Crippen molar-refractivity contribution in [3.63, 3.8) is 0 Å². The van der Waals surface area contributed by atoms with E-state index < -0.39 is 0 Å². The van der Waals surface area contributed by atoms with E-state index in [0.29, 0.717) is 5.92 Å². The van der Waals surface area contributed by atoms with Crippen LogP contribution in [0.3, 0.4) is 0 Å². The molecule has 1 N–H and O–H groups in total. The van der Waals surface area contributed by atoms with Crippen molar-refractivity contribution in [2.75, 3.05) is 11.9 Å². The standard InChI is InChI=1S/C24H28N4S/c1-2-3-12-19-17-10-7-11-18(17)20-21-22(29-24(20)28-19)23(27-15-26-21)25-14-13-16-8-5-4-6-9-16/h4-6,8-9,15,20,24H,2-3,7,10-14H2,1H3,(H,25,26,27)/t20-,24-/m0/s1. The SMILES string of the molecule is CCCCC1=N[C@H]2Sc3c(NCCc4ccccc4)ncnc3[C@@H]2C2=C1CCC2. The van der Waals surface area contributed by atoms with Crippen molar-refractivity contribution >= 4 is 23.3 Å². The van der Waals surface area contributed by atoms with Gasteiger partial charge < -0.3 is 5.32 Å². The number of benzene rings is 1. The molecule has 0 unspecified atom stereocenters. The molecule has 0 saturated carbocycles. The molecule has 2 atom stereocenters. The lowest BCUT2D eigenvalue weighted by Crippen LogP contribution is -2.21. The topological polar surface area (TPSA) is 50.2 Å². The highest BCUT2D eigenvalue weighted by Gasteiger charge is 2.43. The van der Waals surface area contributed by atoms with Gasteiger partial charge in [0.25, 0.3) is 0 Å². The summed E-state index contributed by atoms with van der Waals surface area (Å²) >= 11 is 1.87. The van der Waals surface area contributed by atoms with Crippen LogP contribution in [-0.2, 0) is 6.42 Å². The zero-order valence-corrected chi connectivity index (χ0v) is 17.8. The van der Waals surface area contributed by atoms with Gasteiger partial charge in [-0.1, -0.05) is 61.0 Å². The van der Waals surface area contributed by atoms with E-state index in [-0.39, 0.29) is 5.37 Å². The van der Waals surface area contributed by atoms with Crippen molar-refractivity contribution in [1.29, 1.82) is 0 Å². The zero-order valence-electron chi connectivity index (χ0n) is 17.0. The Kier molecular flexibility index (Phi) is 5.40. The average Bonchev–Trinajstić information content (AvgIpc) is 3.37. The fraction of sp³-hybridized carbons (Fsp3) is 0.458. The zero-order chi connectivity index (χ0) is 19.6. The van der Waals surface area contributed by atoms with E-state index in [0.717, 1.165) is 25.2 Å². The van der Waals surface area contributed by atoms with Crippen LogP contribution in [0, 0.1) is 0 Å². The minimum atomic E-state index is 0.250. The molecule has 150 valence electrons. The summed E-state index contributed by atoms with van der Waals surface area (Å²) in [6.45, 7) is 3.14. The molecule has 0 fully saturated rings. The number of allylic oxidation sites excluding steroid dienone is 1. The van der Waals surface area contributed by atoms with Gasteiger partial charge in [-0.3, -0.25) is 4.99 Å². The second kappa shape index (κ2) is 8.31. The van der Waals surface area contributed by atoms with E-state index in [9.17, 15) is 0 Å². The normalized spacial score (nSPS) is 22.2. The number of unbranched alkanes of at least 4 members (excludes halogenated alkanes) is 1. The van der Waals surface area contributed by atoms with Crippen molar-refractivity contribution < 1.29 is 0 Å². The number of aromatic nitrogens is 2. The fourth-order valence-corrected chi connectivity index (χ4v) is 6.20. The molecule has 3 aliphatic rings. The first-order chi connectivity index (χ1) is 14.3. The lowest BCUT2D eigenvalue weighted by atomic mass is 9.87. The first-order valence-corrected chi connectivity index (χ1v) is 11.8. The fourth-order valence-electron chi connectivity index (χ4n) is 4.81. The van der Waals surface area contributed by atoms with Gasteiger partial charge in [0.15, 0.2) is 0 Å². The van der Waals surface area contributed by atoms with Gasteiger partial charge in [-0.2, -0.15) is 0 Å². The van der Waals surface area contributed by atoms with Gasteiger partial charge in [-0.15, -0.1) is 0 Å². The second-order valence-electron chi connectivity index (χ2n) is 8.12. The maximum atomic E-state index is 5.23. The third kappa shape index (κ3) is 3.61. The quantitative estimate of drug-likeness (QED) is 0.636. The Balaban J connectivity index is 1.38. The van der Waals surface area contributed by atoms with Crippen LogP contribution in [0.25, 0.3) is 0 Å². The maximum absolute atomic E-state index is 5.23. The van der Waals surface area contributed by atoms with E-state index >= 15 is 0 Å². The van der Waals surface area contributed by atoms with Crippen molar-refractivity contribution in [3.8, 4) is 0 Å². The Labute approximate surface area is 177 Å². The Morgan fingerprint density at radius 1 is 1.10 bits per heavy atom. The molecule has 5 rings (SSSR count). The molecule has 0 radical (unpaired) electrons. The van der Waals surface area contributed by atoms with Gasteiger partial charge in [-0.05, 0) is 49.7 Å². The third-order valence-electron chi connectivity index (χ3n) is 6.23. The van der Waals surface area contributed by atoms with Crippen LogP contribution in [-0.4, -0.2) is 27.6 Å². The summed E-state index contributed by atoms with van der Waals surface area (Å²) in [6, 6.07) is 10.6. The minimum Gasteiger partial charge on any atom is -0.369 e. The smallest absolute Gasteiger partial charge is 0.143 e. The number of dihydropyridines is 1. The number of anilines is 1. The summed E-state index contributed by atoms with van der Waals surface area (Å²) in [4.78, 5) is 15.8. The van der Waals surface area contributed by atoms with E-state index in [1.165, 1.54) is 54.0 Å². The molecule has 1 aromatic heterocycles. The lowest BCUT2D eigenvalue weighted by molar-refractivity contribution is 0.694. The van der Waals surface area contributed by atoms with Crippen LogP contribution < -0.4 is 5.32 Å². The number of hydrogen-bond acceptors (Lipinski definition) is 5. The molecular formula is C24H28N4S. The van der Waals surface area contributed by atoms with Crippen molar-refractivity contribution in [1.82, 2.24) is 9.97 Å². The largest absolute Gasteiger partial charge is 0.369 e. The van der Waals surface area contributed by atoms with Gasteiger partial charge in [0, 0.05) is 12.3 Å².